The van der Waals surface area contributed by atoms with Gasteiger partial charge in [-0.25, -0.2) is 0 Å². The van der Waals surface area contributed by atoms with Crippen LogP contribution in [0.15, 0.2) is 0 Å². The first kappa shape index (κ1) is 12.5. The van der Waals surface area contributed by atoms with Crippen molar-refractivity contribution in [3.05, 3.63) is 0 Å². The molecule has 0 radical (unpaired) electrons. The second kappa shape index (κ2) is 5.20. The normalized spacial score (nSPS) is 43.7. The van der Waals surface area contributed by atoms with Crippen molar-refractivity contribution in [1.82, 2.24) is 5.32 Å². The number of fused-ring (bicyclic) bond motifs is 1. The van der Waals surface area contributed by atoms with Gasteiger partial charge in [0.25, 0.3) is 0 Å². The van der Waals surface area contributed by atoms with Crippen LogP contribution in [0.4, 0.5) is 0 Å². The zero-order valence-corrected chi connectivity index (χ0v) is 11.2. The van der Waals surface area contributed by atoms with E-state index in [2.05, 4.69) is 5.32 Å². The van der Waals surface area contributed by atoms with Gasteiger partial charge in [0.1, 0.15) is 0 Å². The second-order valence-electron chi connectivity index (χ2n) is 6.75. The van der Waals surface area contributed by atoms with Gasteiger partial charge in [0, 0.05) is 18.0 Å². The molecule has 3 N–H and O–H groups in total. The molecule has 0 spiro atoms. The van der Waals surface area contributed by atoms with Gasteiger partial charge in [0.05, 0.1) is 0 Å². The molecule has 3 unspecified atom stereocenters. The van der Waals surface area contributed by atoms with Gasteiger partial charge in [-0.3, -0.25) is 4.79 Å². The average Bonchev–Trinajstić information content (AvgIpc) is 2.36. The highest BCUT2D eigenvalue weighted by Crippen LogP contribution is 2.42. The van der Waals surface area contributed by atoms with E-state index in [1.54, 1.807) is 0 Å². The first-order valence-electron chi connectivity index (χ1n) is 7.78. The maximum Gasteiger partial charge on any atom is 0.223 e. The van der Waals surface area contributed by atoms with Crippen LogP contribution in [0.25, 0.3) is 0 Å². The highest BCUT2D eigenvalue weighted by atomic mass is 16.1. The lowest BCUT2D eigenvalue weighted by atomic mass is 9.67. The summed E-state index contributed by atoms with van der Waals surface area (Å²) in [6, 6.07) is 0.695. The minimum Gasteiger partial charge on any atom is -0.353 e. The molecule has 102 valence electrons. The number of hydrogen-bond donors (Lipinski definition) is 2. The van der Waals surface area contributed by atoms with Gasteiger partial charge in [0.15, 0.2) is 0 Å². The number of rotatable bonds is 2. The van der Waals surface area contributed by atoms with Crippen molar-refractivity contribution in [2.75, 3.05) is 0 Å². The minimum atomic E-state index is 0.293. The molecule has 3 atom stereocenters. The van der Waals surface area contributed by atoms with E-state index in [4.69, 9.17) is 5.73 Å². The molecular weight excluding hydrogens is 224 g/mol. The van der Waals surface area contributed by atoms with Gasteiger partial charge in [-0.2, -0.15) is 0 Å². The number of hydrogen-bond acceptors (Lipinski definition) is 2. The van der Waals surface area contributed by atoms with Crippen molar-refractivity contribution in [3.8, 4) is 0 Å². The Kier molecular flexibility index (Phi) is 3.60. The molecular formula is C15H26N2O. The number of amides is 1. The highest BCUT2D eigenvalue weighted by molar-refractivity contribution is 5.79. The number of carbonyl (C=O) groups is 1. The molecule has 1 amide bonds. The Bertz CT molecular complexity index is 312. The van der Waals surface area contributed by atoms with Crippen LogP contribution in [0.1, 0.15) is 57.8 Å². The quantitative estimate of drug-likeness (QED) is 0.789. The van der Waals surface area contributed by atoms with E-state index in [0.717, 1.165) is 37.5 Å². The lowest BCUT2D eigenvalue weighted by molar-refractivity contribution is -0.128. The van der Waals surface area contributed by atoms with Crippen molar-refractivity contribution >= 4 is 5.91 Å². The molecule has 3 nitrogen and oxygen atoms in total. The average molecular weight is 250 g/mol. The summed E-state index contributed by atoms with van der Waals surface area (Å²) in [6.45, 7) is 0. The van der Waals surface area contributed by atoms with Crippen LogP contribution in [0.5, 0.6) is 0 Å². The van der Waals surface area contributed by atoms with Crippen LogP contribution >= 0.6 is 0 Å². The maximum absolute atomic E-state index is 12.2. The molecule has 0 heterocycles. The fourth-order valence-corrected chi connectivity index (χ4v) is 4.21. The minimum absolute atomic E-state index is 0.293. The third kappa shape index (κ3) is 2.56. The van der Waals surface area contributed by atoms with E-state index >= 15 is 0 Å². The van der Waals surface area contributed by atoms with Gasteiger partial charge in [0.2, 0.25) is 5.91 Å². The van der Waals surface area contributed by atoms with Crippen molar-refractivity contribution in [2.45, 2.75) is 69.9 Å². The molecule has 18 heavy (non-hydrogen) atoms. The molecule has 0 saturated heterocycles. The van der Waals surface area contributed by atoms with Gasteiger partial charge in [-0.15, -0.1) is 0 Å². The highest BCUT2D eigenvalue weighted by Gasteiger charge is 2.36. The van der Waals surface area contributed by atoms with Crippen molar-refractivity contribution in [1.29, 1.82) is 0 Å². The molecule has 3 aliphatic rings. The zero-order chi connectivity index (χ0) is 12.5. The lowest BCUT2D eigenvalue weighted by Gasteiger charge is -2.40. The summed E-state index contributed by atoms with van der Waals surface area (Å²) in [4.78, 5) is 12.2. The van der Waals surface area contributed by atoms with Crippen LogP contribution in [-0.2, 0) is 4.79 Å². The molecule has 0 aliphatic heterocycles. The second-order valence-corrected chi connectivity index (χ2v) is 6.75. The molecule has 0 aromatic carbocycles. The van der Waals surface area contributed by atoms with E-state index in [9.17, 15) is 4.79 Å². The van der Waals surface area contributed by atoms with Crippen molar-refractivity contribution in [2.24, 2.45) is 23.5 Å². The van der Waals surface area contributed by atoms with E-state index in [1.807, 2.05) is 0 Å². The zero-order valence-electron chi connectivity index (χ0n) is 11.2. The maximum atomic E-state index is 12.2. The van der Waals surface area contributed by atoms with Crippen LogP contribution < -0.4 is 11.1 Å². The molecule has 0 aromatic rings. The Labute approximate surface area is 110 Å². The first-order chi connectivity index (χ1) is 8.72. The molecule has 3 rings (SSSR count). The van der Waals surface area contributed by atoms with Crippen LogP contribution in [0, 0.1) is 17.8 Å². The SMILES string of the molecule is NC1CC(NC(=O)C2CCC3CCCCC3C2)C1. The molecule has 3 heteroatoms. The molecule has 3 aliphatic carbocycles. The summed E-state index contributed by atoms with van der Waals surface area (Å²) in [5, 5.41) is 3.19. The van der Waals surface area contributed by atoms with Crippen LogP contribution in [-0.4, -0.2) is 18.0 Å². The molecule has 3 fully saturated rings. The van der Waals surface area contributed by atoms with Crippen molar-refractivity contribution in [3.63, 3.8) is 0 Å². The Morgan fingerprint density at radius 2 is 1.67 bits per heavy atom. The van der Waals surface area contributed by atoms with E-state index < -0.39 is 0 Å². The largest absolute Gasteiger partial charge is 0.353 e. The van der Waals surface area contributed by atoms with Crippen molar-refractivity contribution < 1.29 is 4.79 Å². The monoisotopic (exact) mass is 250 g/mol. The third-order valence-corrected chi connectivity index (χ3v) is 5.43. The Balaban J connectivity index is 1.49. The Morgan fingerprint density at radius 1 is 0.944 bits per heavy atom. The summed E-state index contributed by atoms with van der Waals surface area (Å²) in [7, 11) is 0. The fourth-order valence-electron chi connectivity index (χ4n) is 4.21. The number of nitrogens with two attached hydrogens (primary N) is 1. The number of carbonyl (C=O) groups excluding carboxylic acids is 1. The van der Waals surface area contributed by atoms with Gasteiger partial charge < -0.3 is 11.1 Å². The molecule has 0 aromatic heterocycles. The lowest BCUT2D eigenvalue weighted by Crippen LogP contribution is -2.52. The van der Waals surface area contributed by atoms with E-state index in [1.165, 1.54) is 32.1 Å². The van der Waals surface area contributed by atoms with Gasteiger partial charge in [-0.1, -0.05) is 25.7 Å². The third-order valence-electron chi connectivity index (χ3n) is 5.43. The van der Waals surface area contributed by atoms with Gasteiger partial charge in [-0.05, 0) is 43.9 Å². The fraction of sp³-hybridized carbons (Fsp3) is 0.933. The molecule has 0 bridgehead atoms. The van der Waals surface area contributed by atoms with Gasteiger partial charge >= 0.3 is 0 Å². The summed E-state index contributed by atoms with van der Waals surface area (Å²) < 4.78 is 0. The summed E-state index contributed by atoms with van der Waals surface area (Å²) in [5.74, 6) is 2.38. The predicted molar refractivity (Wildman–Crippen MR) is 71.9 cm³/mol. The summed E-state index contributed by atoms with van der Waals surface area (Å²) in [6.07, 6.45) is 11.1. The molecule has 3 saturated carbocycles. The predicted octanol–water partition coefficient (Wildman–Crippen LogP) is 2.20. The van der Waals surface area contributed by atoms with Crippen LogP contribution in [0.2, 0.25) is 0 Å². The summed E-state index contributed by atoms with van der Waals surface area (Å²) >= 11 is 0. The Morgan fingerprint density at radius 3 is 2.39 bits per heavy atom. The first-order valence-corrected chi connectivity index (χ1v) is 7.78. The topological polar surface area (TPSA) is 55.1 Å². The number of nitrogens with one attached hydrogen (secondary N) is 1. The summed E-state index contributed by atoms with van der Waals surface area (Å²) in [5.41, 5.74) is 5.76. The van der Waals surface area contributed by atoms with E-state index in [-0.39, 0.29) is 0 Å². The van der Waals surface area contributed by atoms with E-state index in [0.29, 0.717) is 23.9 Å². The standard InChI is InChI=1S/C15H26N2O/c16-13-8-14(9-13)17-15(18)12-6-5-10-3-1-2-4-11(10)7-12/h10-14H,1-9,16H2,(H,17,18). The Hall–Kier alpha value is -0.570. The smallest absolute Gasteiger partial charge is 0.223 e. The van der Waals surface area contributed by atoms with Crippen LogP contribution in [0.3, 0.4) is 0 Å².